The Balaban J connectivity index is 2.00. The van der Waals surface area contributed by atoms with Gasteiger partial charge in [0.25, 0.3) is 10.0 Å². The first-order valence-electron chi connectivity index (χ1n) is 7.44. The summed E-state index contributed by atoms with van der Waals surface area (Å²) < 4.78 is 26.2. The van der Waals surface area contributed by atoms with Gasteiger partial charge in [-0.3, -0.25) is 14.5 Å². The molecule has 2 rings (SSSR count). The SMILES string of the molecule is CCC(CC)NC(=O)CCN=C1NS(=O)(=O)c2ccccc21. The molecular formula is C15H21N3O3S. The Labute approximate surface area is 131 Å². The molecule has 2 N–H and O–H groups in total. The minimum atomic E-state index is -3.51. The number of carbonyl (C=O) groups excluding carboxylic acids is 1. The molecule has 1 amide bonds. The Morgan fingerprint density at radius 2 is 1.95 bits per heavy atom. The molecule has 0 saturated carbocycles. The molecule has 0 aliphatic carbocycles. The van der Waals surface area contributed by atoms with Gasteiger partial charge < -0.3 is 5.32 Å². The largest absolute Gasteiger partial charge is 0.353 e. The number of hydrogen-bond donors (Lipinski definition) is 2. The molecule has 0 bridgehead atoms. The maximum absolute atomic E-state index is 11.9. The number of nitrogens with zero attached hydrogens (tertiary/aromatic N) is 1. The number of carbonyl (C=O) groups is 1. The van der Waals surface area contributed by atoms with E-state index in [-0.39, 0.29) is 29.8 Å². The van der Waals surface area contributed by atoms with E-state index in [4.69, 9.17) is 0 Å². The highest BCUT2D eigenvalue weighted by molar-refractivity contribution is 7.90. The number of rotatable bonds is 6. The van der Waals surface area contributed by atoms with Crippen LogP contribution in [-0.4, -0.2) is 32.7 Å². The van der Waals surface area contributed by atoms with Gasteiger partial charge in [-0.15, -0.1) is 0 Å². The van der Waals surface area contributed by atoms with Crippen LogP contribution < -0.4 is 10.0 Å². The molecule has 1 aromatic rings. The Morgan fingerprint density at radius 1 is 1.27 bits per heavy atom. The maximum Gasteiger partial charge on any atom is 0.263 e. The van der Waals surface area contributed by atoms with Crippen LogP contribution in [-0.2, 0) is 14.8 Å². The van der Waals surface area contributed by atoms with Crippen molar-refractivity contribution in [2.75, 3.05) is 6.54 Å². The van der Waals surface area contributed by atoms with Crippen LogP contribution in [0.15, 0.2) is 34.2 Å². The molecule has 0 saturated heterocycles. The van der Waals surface area contributed by atoms with Gasteiger partial charge in [-0.25, -0.2) is 8.42 Å². The normalized spacial score (nSPS) is 17.3. The van der Waals surface area contributed by atoms with Gasteiger partial charge in [0.15, 0.2) is 0 Å². The number of hydrogen-bond acceptors (Lipinski definition) is 4. The zero-order valence-electron chi connectivity index (χ0n) is 12.8. The zero-order chi connectivity index (χ0) is 16.2. The van der Waals surface area contributed by atoms with E-state index >= 15 is 0 Å². The topological polar surface area (TPSA) is 87.6 Å². The third-order valence-electron chi connectivity index (χ3n) is 3.62. The van der Waals surface area contributed by atoms with E-state index in [0.29, 0.717) is 11.4 Å². The van der Waals surface area contributed by atoms with E-state index in [2.05, 4.69) is 15.0 Å². The second kappa shape index (κ2) is 6.91. The second-order valence-electron chi connectivity index (χ2n) is 5.16. The Hall–Kier alpha value is -1.89. The van der Waals surface area contributed by atoms with Crippen molar-refractivity contribution in [1.29, 1.82) is 0 Å². The summed E-state index contributed by atoms with van der Waals surface area (Å²) in [6.45, 7) is 4.30. The molecule has 1 heterocycles. The molecule has 7 heteroatoms. The highest BCUT2D eigenvalue weighted by Crippen LogP contribution is 2.22. The average molecular weight is 323 g/mol. The van der Waals surface area contributed by atoms with Gasteiger partial charge in [0.1, 0.15) is 5.84 Å². The van der Waals surface area contributed by atoms with Crippen LogP contribution in [0.25, 0.3) is 0 Å². The first-order chi connectivity index (χ1) is 10.5. The Morgan fingerprint density at radius 3 is 2.64 bits per heavy atom. The van der Waals surface area contributed by atoms with Crippen LogP contribution in [0.2, 0.25) is 0 Å². The van der Waals surface area contributed by atoms with E-state index in [9.17, 15) is 13.2 Å². The van der Waals surface area contributed by atoms with Crippen LogP contribution in [0.5, 0.6) is 0 Å². The second-order valence-corrected chi connectivity index (χ2v) is 6.81. The number of amidine groups is 1. The summed E-state index contributed by atoms with van der Waals surface area (Å²) in [5.74, 6) is 0.248. The van der Waals surface area contributed by atoms with Crippen LogP contribution in [0.3, 0.4) is 0 Å². The van der Waals surface area contributed by atoms with E-state index in [1.165, 1.54) is 0 Å². The lowest BCUT2D eigenvalue weighted by Crippen LogP contribution is -2.34. The lowest BCUT2D eigenvalue weighted by Gasteiger charge is -2.13. The fourth-order valence-corrected chi connectivity index (χ4v) is 3.56. The quantitative estimate of drug-likeness (QED) is 0.830. The van der Waals surface area contributed by atoms with Gasteiger partial charge in [0, 0.05) is 18.0 Å². The zero-order valence-corrected chi connectivity index (χ0v) is 13.6. The molecule has 1 aliphatic heterocycles. The molecule has 0 atom stereocenters. The molecule has 1 aliphatic rings. The molecule has 120 valence electrons. The van der Waals surface area contributed by atoms with Crippen LogP contribution in [0.1, 0.15) is 38.7 Å². The number of nitrogens with one attached hydrogen (secondary N) is 2. The monoisotopic (exact) mass is 323 g/mol. The van der Waals surface area contributed by atoms with Crippen LogP contribution in [0, 0.1) is 0 Å². The van der Waals surface area contributed by atoms with Gasteiger partial charge in [0.05, 0.1) is 11.4 Å². The molecule has 0 fully saturated rings. The van der Waals surface area contributed by atoms with Gasteiger partial charge in [-0.1, -0.05) is 26.0 Å². The molecule has 1 aromatic carbocycles. The summed E-state index contributed by atoms with van der Waals surface area (Å²) >= 11 is 0. The van der Waals surface area contributed by atoms with Crippen molar-refractivity contribution in [2.24, 2.45) is 4.99 Å². The van der Waals surface area contributed by atoms with Crippen molar-refractivity contribution in [3.63, 3.8) is 0 Å². The van der Waals surface area contributed by atoms with Gasteiger partial charge >= 0.3 is 0 Å². The summed E-state index contributed by atoms with van der Waals surface area (Å²) in [6, 6.07) is 6.86. The summed E-state index contributed by atoms with van der Waals surface area (Å²) in [4.78, 5) is 16.3. The molecular weight excluding hydrogens is 302 g/mol. The predicted octanol–water partition coefficient (Wildman–Crippen LogP) is 1.42. The van der Waals surface area contributed by atoms with E-state index in [1.54, 1.807) is 24.3 Å². The highest BCUT2D eigenvalue weighted by Gasteiger charge is 2.29. The fourth-order valence-electron chi connectivity index (χ4n) is 2.31. The molecule has 22 heavy (non-hydrogen) atoms. The summed E-state index contributed by atoms with van der Waals surface area (Å²) in [6.07, 6.45) is 2.03. The summed E-state index contributed by atoms with van der Waals surface area (Å²) in [5, 5.41) is 2.93. The van der Waals surface area contributed by atoms with Crippen molar-refractivity contribution in [1.82, 2.24) is 10.0 Å². The number of aliphatic imine (C=N–C) groups is 1. The standard InChI is InChI=1S/C15H21N3O3S/c1-3-11(4-2)17-14(19)9-10-16-15-12-7-5-6-8-13(12)22(20,21)18-15/h5-8,11H,3-4,9-10H2,1-2H3,(H,16,18)(H,17,19). The average Bonchev–Trinajstić information content (AvgIpc) is 2.76. The van der Waals surface area contributed by atoms with Gasteiger partial charge in [-0.2, -0.15) is 0 Å². The number of sulfonamides is 1. The summed E-state index contributed by atoms with van der Waals surface area (Å²) in [5.41, 5.74) is 0.558. The first kappa shape index (κ1) is 16.5. The van der Waals surface area contributed by atoms with E-state index < -0.39 is 10.0 Å². The molecule has 0 spiro atoms. The van der Waals surface area contributed by atoms with E-state index in [1.807, 2.05) is 13.8 Å². The Bertz CT molecular complexity index is 679. The van der Waals surface area contributed by atoms with Crippen molar-refractivity contribution >= 4 is 21.8 Å². The molecule has 0 unspecified atom stereocenters. The van der Waals surface area contributed by atoms with Crippen molar-refractivity contribution in [3.8, 4) is 0 Å². The van der Waals surface area contributed by atoms with Crippen molar-refractivity contribution in [3.05, 3.63) is 29.8 Å². The Kier molecular flexibility index (Phi) is 5.18. The predicted molar refractivity (Wildman–Crippen MR) is 85.3 cm³/mol. The smallest absolute Gasteiger partial charge is 0.263 e. The minimum Gasteiger partial charge on any atom is -0.353 e. The molecule has 0 radical (unpaired) electrons. The fraction of sp³-hybridized carbons (Fsp3) is 0.467. The van der Waals surface area contributed by atoms with Crippen LogP contribution in [0.4, 0.5) is 0 Å². The number of amides is 1. The molecule has 6 nitrogen and oxygen atoms in total. The van der Waals surface area contributed by atoms with E-state index in [0.717, 1.165) is 12.8 Å². The van der Waals surface area contributed by atoms with Crippen LogP contribution >= 0.6 is 0 Å². The first-order valence-corrected chi connectivity index (χ1v) is 8.92. The van der Waals surface area contributed by atoms with Crippen molar-refractivity contribution < 1.29 is 13.2 Å². The van der Waals surface area contributed by atoms with Gasteiger partial charge in [0.2, 0.25) is 5.91 Å². The summed E-state index contributed by atoms with van der Waals surface area (Å²) in [7, 11) is -3.51. The number of fused-ring (bicyclic) bond motifs is 1. The van der Waals surface area contributed by atoms with Crippen molar-refractivity contribution in [2.45, 2.75) is 44.0 Å². The van der Waals surface area contributed by atoms with Gasteiger partial charge in [-0.05, 0) is 25.0 Å². The maximum atomic E-state index is 11.9. The molecule has 0 aromatic heterocycles. The minimum absolute atomic E-state index is 0.0628. The number of benzene rings is 1. The lowest BCUT2D eigenvalue weighted by molar-refractivity contribution is -0.121. The highest BCUT2D eigenvalue weighted by atomic mass is 32.2. The lowest BCUT2D eigenvalue weighted by atomic mass is 10.1. The third-order valence-corrected chi connectivity index (χ3v) is 5.02. The third kappa shape index (κ3) is 3.65.